The number of nitrogens with zero attached hydrogens (tertiary/aromatic N) is 4. The molecule has 32 heavy (non-hydrogen) atoms. The van der Waals surface area contributed by atoms with E-state index >= 15 is 0 Å². The van der Waals surface area contributed by atoms with Crippen molar-refractivity contribution in [1.82, 2.24) is 19.7 Å². The Morgan fingerprint density at radius 3 is 2.56 bits per heavy atom. The van der Waals surface area contributed by atoms with Gasteiger partial charge in [-0.15, -0.1) is 0 Å². The molecular formula is C26H23ClN4O. The summed E-state index contributed by atoms with van der Waals surface area (Å²) in [5.74, 6) is -0.0910. The largest absolute Gasteiger partial charge is 0.338 e. The molecule has 1 amide bonds. The summed E-state index contributed by atoms with van der Waals surface area (Å²) in [7, 11) is 1.79. The van der Waals surface area contributed by atoms with Crippen molar-refractivity contribution >= 4 is 23.6 Å². The molecule has 0 N–H and O–H groups in total. The fourth-order valence-electron chi connectivity index (χ4n) is 3.40. The first-order valence-electron chi connectivity index (χ1n) is 10.3. The third kappa shape index (κ3) is 5.31. The van der Waals surface area contributed by atoms with E-state index in [1.165, 1.54) is 0 Å². The van der Waals surface area contributed by atoms with Crippen LogP contribution in [0.3, 0.4) is 0 Å². The quantitative estimate of drug-likeness (QED) is 0.364. The number of halogens is 1. The maximum atomic E-state index is 12.7. The van der Waals surface area contributed by atoms with Crippen molar-refractivity contribution in [2.45, 2.75) is 13.1 Å². The average molecular weight is 443 g/mol. The molecule has 160 valence electrons. The van der Waals surface area contributed by atoms with E-state index in [2.05, 4.69) is 4.98 Å². The number of likely N-dealkylation sites (N-methyl/N-ethyl adjacent to an activating group) is 1. The number of amides is 1. The van der Waals surface area contributed by atoms with Crippen molar-refractivity contribution in [3.8, 4) is 11.3 Å². The SMILES string of the molecule is CN(Cc1cn(Cc2ccccc2Cl)nc1-c1ccccc1)C(=O)/C=C/c1cccnc1. The van der Waals surface area contributed by atoms with Gasteiger partial charge in [0.25, 0.3) is 0 Å². The van der Waals surface area contributed by atoms with Gasteiger partial charge in [0.2, 0.25) is 5.91 Å². The van der Waals surface area contributed by atoms with Crippen molar-refractivity contribution in [2.75, 3.05) is 7.05 Å². The van der Waals surface area contributed by atoms with Crippen LogP contribution in [0, 0.1) is 0 Å². The Balaban J connectivity index is 1.57. The number of hydrogen-bond acceptors (Lipinski definition) is 3. The minimum atomic E-state index is -0.0910. The fourth-order valence-corrected chi connectivity index (χ4v) is 3.60. The Kier molecular flexibility index (Phi) is 6.78. The van der Waals surface area contributed by atoms with Crippen molar-refractivity contribution in [1.29, 1.82) is 0 Å². The van der Waals surface area contributed by atoms with E-state index < -0.39 is 0 Å². The maximum Gasteiger partial charge on any atom is 0.246 e. The molecule has 5 nitrogen and oxygen atoms in total. The highest BCUT2D eigenvalue weighted by Gasteiger charge is 2.15. The first kappa shape index (κ1) is 21.5. The van der Waals surface area contributed by atoms with Crippen molar-refractivity contribution < 1.29 is 4.79 Å². The van der Waals surface area contributed by atoms with Crippen LogP contribution in [0.1, 0.15) is 16.7 Å². The Bertz CT molecular complexity index is 1220. The summed E-state index contributed by atoms with van der Waals surface area (Å²) in [5, 5.41) is 5.52. The molecule has 4 aromatic rings. The zero-order valence-corrected chi connectivity index (χ0v) is 18.5. The van der Waals surface area contributed by atoms with Crippen LogP contribution in [-0.4, -0.2) is 32.6 Å². The Hall–Kier alpha value is -3.70. The molecule has 0 bridgehead atoms. The summed E-state index contributed by atoms with van der Waals surface area (Å²) < 4.78 is 1.88. The molecule has 0 unspecified atom stereocenters. The van der Waals surface area contributed by atoms with Gasteiger partial charge in [-0.1, -0.05) is 66.2 Å². The van der Waals surface area contributed by atoms with Gasteiger partial charge in [0.15, 0.2) is 0 Å². The second kappa shape index (κ2) is 10.1. The maximum absolute atomic E-state index is 12.7. The smallest absolute Gasteiger partial charge is 0.246 e. The molecule has 0 spiro atoms. The van der Waals surface area contributed by atoms with Gasteiger partial charge in [-0.05, 0) is 29.3 Å². The third-order valence-corrected chi connectivity index (χ3v) is 5.43. The number of carbonyl (C=O) groups is 1. The van der Waals surface area contributed by atoms with E-state index in [1.54, 1.807) is 36.5 Å². The van der Waals surface area contributed by atoms with Crippen LogP contribution < -0.4 is 0 Å². The van der Waals surface area contributed by atoms with E-state index in [0.29, 0.717) is 18.1 Å². The van der Waals surface area contributed by atoms with Crippen LogP contribution in [-0.2, 0) is 17.9 Å². The lowest BCUT2D eigenvalue weighted by Gasteiger charge is -2.15. The van der Waals surface area contributed by atoms with Gasteiger partial charge in [-0.25, -0.2) is 0 Å². The molecule has 0 aliphatic heterocycles. The van der Waals surface area contributed by atoms with E-state index in [0.717, 1.165) is 27.9 Å². The summed E-state index contributed by atoms with van der Waals surface area (Å²) in [5.41, 5.74) is 4.70. The lowest BCUT2D eigenvalue weighted by atomic mass is 10.1. The summed E-state index contributed by atoms with van der Waals surface area (Å²) in [6.07, 6.45) is 8.74. The molecule has 0 saturated carbocycles. The number of rotatable bonds is 7. The van der Waals surface area contributed by atoms with Crippen molar-refractivity contribution in [3.05, 3.63) is 113 Å². The predicted molar refractivity (Wildman–Crippen MR) is 128 cm³/mol. The van der Waals surface area contributed by atoms with Gasteiger partial charge in [0.05, 0.1) is 12.2 Å². The van der Waals surface area contributed by atoms with Gasteiger partial charge >= 0.3 is 0 Å². The normalized spacial score (nSPS) is 11.1. The molecule has 0 radical (unpaired) electrons. The summed E-state index contributed by atoms with van der Waals surface area (Å²) in [6.45, 7) is 0.987. The van der Waals surface area contributed by atoms with Crippen LogP contribution in [0.15, 0.2) is 91.4 Å². The van der Waals surface area contributed by atoms with Gasteiger partial charge in [-0.3, -0.25) is 14.5 Å². The highest BCUT2D eigenvalue weighted by Crippen LogP contribution is 2.24. The third-order valence-electron chi connectivity index (χ3n) is 5.06. The minimum Gasteiger partial charge on any atom is -0.338 e. The Morgan fingerprint density at radius 2 is 1.81 bits per heavy atom. The lowest BCUT2D eigenvalue weighted by molar-refractivity contribution is -0.125. The fraction of sp³-hybridized carbons (Fsp3) is 0.115. The molecule has 0 aliphatic rings. The zero-order chi connectivity index (χ0) is 22.3. The van der Waals surface area contributed by atoms with Crippen LogP contribution in [0.5, 0.6) is 0 Å². The number of hydrogen-bond donors (Lipinski definition) is 0. The highest BCUT2D eigenvalue weighted by molar-refractivity contribution is 6.31. The average Bonchev–Trinajstić information content (AvgIpc) is 3.22. The first-order chi connectivity index (χ1) is 15.6. The van der Waals surface area contributed by atoms with Gasteiger partial charge in [-0.2, -0.15) is 5.10 Å². The minimum absolute atomic E-state index is 0.0910. The zero-order valence-electron chi connectivity index (χ0n) is 17.7. The van der Waals surface area contributed by atoms with Crippen molar-refractivity contribution in [3.63, 3.8) is 0 Å². The molecule has 0 fully saturated rings. The molecule has 6 heteroatoms. The molecule has 0 atom stereocenters. The molecule has 0 saturated heterocycles. The summed E-state index contributed by atoms with van der Waals surface area (Å²) >= 11 is 6.34. The standard InChI is InChI=1S/C26H23ClN4O/c1-30(25(32)14-13-20-8-7-15-28-16-20)17-23-19-31(18-22-11-5-6-12-24(22)27)29-26(23)21-9-3-2-4-10-21/h2-16,19H,17-18H2,1H3/b14-13+. The lowest BCUT2D eigenvalue weighted by Crippen LogP contribution is -2.24. The van der Waals surface area contributed by atoms with Crippen LogP contribution in [0.4, 0.5) is 0 Å². The van der Waals surface area contributed by atoms with Gasteiger partial charge < -0.3 is 4.90 Å². The summed E-state index contributed by atoms with van der Waals surface area (Å²) in [4.78, 5) is 18.4. The molecule has 4 rings (SSSR count). The van der Waals surface area contributed by atoms with Gasteiger partial charge in [0, 0.05) is 54.4 Å². The van der Waals surface area contributed by atoms with E-state index in [1.807, 2.05) is 77.6 Å². The molecule has 2 heterocycles. The molecular weight excluding hydrogens is 420 g/mol. The number of pyridine rings is 1. The van der Waals surface area contributed by atoms with Crippen LogP contribution >= 0.6 is 11.6 Å². The summed E-state index contributed by atoms with van der Waals surface area (Å²) in [6, 6.07) is 21.5. The monoisotopic (exact) mass is 442 g/mol. The highest BCUT2D eigenvalue weighted by atomic mass is 35.5. The number of benzene rings is 2. The van der Waals surface area contributed by atoms with Gasteiger partial charge in [0.1, 0.15) is 0 Å². The Morgan fingerprint density at radius 1 is 1.03 bits per heavy atom. The molecule has 2 aromatic carbocycles. The van der Waals surface area contributed by atoms with E-state index in [4.69, 9.17) is 16.7 Å². The second-order valence-corrected chi connectivity index (χ2v) is 7.88. The predicted octanol–water partition coefficient (Wildman–Crippen LogP) is 5.32. The van der Waals surface area contributed by atoms with E-state index in [-0.39, 0.29) is 5.91 Å². The van der Waals surface area contributed by atoms with Crippen LogP contribution in [0.25, 0.3) is 17.3 Å². The molecule has 0 aliphatic carbocycles. The number of aromatic nitrogens is 3. The van der Waals surface area contributed by atoms with Crippen LogP contribution in [0.2, 0.25) is 5.02 Å². The topological polar surface area (TPSA) is 51.0 Å². The second-order valence-electron chi connectivity index (χ2n) is 7.47. The molecule has 2 aromatic heterocycles. The first-order valence-corrected chi connectivity index (χ1v) is 10.7. The Labute approximate surface area is 192 Å². The van der Waals surface area contributed by atoms with E-state index in [9.17, 15) is 4.79 Å². The number of carbonyl (C=O) groups excluding carboxylic acids is 1. The van der Waals surface area contributed by atoms with Crippen molar-refractivity contribution in [2.24, 2.45) is 0 Å².